The molecule has 20 heavy (non-hydrogen) atoms. The first kappa shape index (κ1) is 16.8. The maximum atomic E-state index is 12.5. The molecule has 114 valence electrons. The summed E-state index contributed by atoms with van der Waals surface area (Å²) in [6.45, 7) is -0.705. The summed E-state index contributed by atoms with van der Waals surface area (Å²) in [6.07, 6.45) is 1.83. The lowest BCUT2D eigenvalue weighted by Crippen LogP contribution is -2.34. The van der Waals surface area contributed by atoms with Gasteiger partial charge in [-0.05, 0) is 26.8 Å². The van der Waals surface area contributed by atoms with Crippen molar-refractivity contribution < 1.29 is 26.1 Å². The molecular formula is C11H16BF3NO3S-. The molecule has 0 aliphatic carbocycles. The van der Waals surface area contributed by atoms with Crippen LogP contribution >= 0.6 is 0 Å². The van der Waals surface area contributed by atoms with Crippen LogP contribution in [0, 0.1) is 0 Å². The first-order valence-corrected chi connectivity index (χ1v) is 7.59. The van der Waals surface area contributed by atoms with Crippen LogP contribution in [0.1, 0.15) is 20.8 Å². The van der Waals surface area contributed by atoms with Crippen LogP contribution < -0.4 is 10.2 Å². The van der Waals surface area contributed by atoms with Gasteiger partial charge in [0.1, 0.15) is 12.4 Å². The summed E-state index contributed by atoms with van der Waals surface area (Å²) in [5.74, 6) is -0.358. The van der Waals surface area contributed by atoms with Crippen molar-refractivity contribution in [3.63, 3.8) is 0 Å². The van der Waals surface area contributed by atoms with Gasteiger partial charge in [0.15, 0.2) is 9.84 Å². The average molecular weight is 310 g/mol. The van der Waals surface area contributed by atoms with E-state index in [4.69, 9.17) is 4.74 Å². The van der Waals surface area contributed by atoms with Gasteiger partial charge < -0.3 is 17.7 Å². The molecule has 0 amide bonds. The average Bonchev–Trinajstić information content (AvgIpc) is 2.26. The molecule has 0 spiro atoms. The van der Waals surface area contributed by atoms with Crippen LogP contribution in [0.3, 0.4) is 0 Å². The van der Waals surface area contributed by atoms with Crippen molar-refractivity contribution in [2.75, 3.05) is 12.4 Å². The van der Waals surface area contributed by atoms with Crippen LogP contribution in [0.4, 0.5) is 12.9 Å². The van der Waals surface area contributed by atoms with Gasteiger partial charge in [-0.3, -0.25) is 4.98 Å². The van der Waals surface area contributed by atoms with Gasteiger partial charge in [0, 0.05) is 6.20 Å². The predicted octanol–water partition coefficient (Wildman–Crippen LogP) is 1.73. The van der Waals surface area contributed by atoms with Gasteiger partial charge in [-0.25, -0.2) is 8.42 Å². The Balaban J connectivity index is 2.69. The van der Waals surface area contributed by atoms with E-state index in [-0.39, 0.29) is 18.1 Å². The zero-order valence-electron chi connectivity index (χ0n) is 11.4. The molecule has 0 fully saturated rings. The van der Waals surface area contributed by atoms with Crippen LogP contribution in [0.15, 0.2) is 18.5 Å². The van der Waals surface area contributed by atoms with E-state index in [1.54, 1.807) is 20.8 Å². The third-order valence-electron chi connectivity index (χ3n) is 2.67. The van der Waals surface area contributed by atoms with Crippen LogP contribution in [0.2, 0.25) is 0 Å². The Morgan fingerprint density at radius 3 is 2.35 bits per heavy atom. The Hall–Kier alpha value is -1.25. The molecule has 4 nitrogen and oxygen atoms in total. The number of rotatable bonds is 5. The zero-order valence-corrected chi connectivity index (χ0v) is 12.3. The number of ether oxygens (including phenoxy) is 1. The van der Waals surface area contributed by atoms with Gasteiger partial charge in [0.25, 0.3) is 0 Å². The first-order chi connectivity index (χ1) is 8.93. The van der Waals surface area contributed by atoms with Crippen LogP contribution in [-0.2, 0) is 9.84 Å². The minimum atomic E-state index is -5.15. The number of hydrogen-bond donors (Lipinski definition) is 0. The lowest BCUT2D eigenvalue weighted by molar-refractivity contribution is 0.338. The molecule has 9 heteroatoms. The molecule has 0 N–H and O–H groups in total. The molecule has 0 unspecified atom stereocenters. The predicted molar refractivity (Wildman–Crippen MR) is 72.0 cm³/mol. The molecule has 0 aromatic carbocycles. The van der Waals surface area contributed by atoms with Crippen molar-refractivity contribution in [1.82, 2.24) is 4.98 Å². The SMILES string of the molecule is CC(C)(C)S(=O)(=O)CCOc1cncc([B-](F)(F)F)c1. The molecule has 0 aliphatic heterocycles. The van der Waals surface area contributed by atoms with Crippen LogP contribution in [0.5, 0.6) is 5.75 Å². The fraction of sp³-hybridized carbons (Fsp3) is 0.545. The topological polar surface area (TPSA) is 56.3 Å². The number of sulfone groups is 1. The number of aromatic nitrogens is 1. The number of pyridine rings is 1. The molecule has 1 heterocycles. The van der Waals surface area contributed by atoms with E-state index in [0.717, 1.165) is 12.3 Å². The highest BCUT2D eigenvalue weighted by Crippen LogP contribution is 2.17. The highest BCUT2D eigenvalue weighted by molar-refractivity contribution is 7.92. The largest absolute Gasteiger partial charge is 0.511 e. The Morgan fingerprint density at radius 1 is 1.25 bits per heavy atom. The lowest BCUT2D eigenvalue weighted by atomic mass is 9.81. The summed E-state index contributed by atoms with van der Waals surface area (Å²) in [5.41, 5.74) is -0.874. The van der Waals surface area contributed by atoms with Crippen LogP contribution in [-0.4, -0.2) is 37.5 Å². The second-order valence-electron chi connectivity index (χ2n) is 5.31. The number of halogens is 3. The first-order valence-electron chi connectivity index (χ1n) is 5.93. The van der Waals surface area contributed by atoms with Gasteiger partial charge in [-0.2, -0.15) is 0 Å². The fourth-order valence-corrected chi connectivity index (χ4v) is 2.18. The van der Waals surface area contributed by atoms with E-state index >= 15 is 0 Å². The van der Waals surface area contributed by atoms with E-state index < -0.39 is 27.0 Å². The fourth-order valence-electron chi connectivity index (χ4n) is 1.27. The smallest absolute Gasteiger partial charge is 0.491 e. The quantitative estimate of drug-likeness (QED) is 0.777. The summed E-state index contributed by atoms with van der Waals surface area (Å²) in [5, 5.41) is 0. The molecule has 1 aromatic heterocycles. The normalized spacial score (nSPS) is 13.3. The van der Waals surface area contributed by atoms with Gasteiger partial charge in [-0.1, -0.05) is 5.46 Å². The van der Waals surface area contributed by atoms with E-state index in [0.29, 0.717) is 6.20 Å². The third kappa shape index (κ3) is 4.40. The van der Waals surface area contributed by atoms with Gasteiger partial charge in [0.05, 0.1) is 16.7 Å². The van der Waals surface area contributed by atoms with Crippen molar-refractivity contribution in [1.29, 1.82) is 0 Å². The zero-order chi connectivity index (χ0) is 15.6. The molecule has 1 rings (SSSR count). The Labute approximate surface area is 116 Å². The van der Waals surface area contributed by atoms with E-state index in [9.17, 15) is 21.4 Å². The van der Waals surface area contributed by atoms with Gasteiger partial charge in [0.2, 0.25) is 0 Å². The second-order valence-corrected chi connectivity index (χ2v) is 8.17. The third-order valence-corrected chi connectivity index (χ3v) is 5.24. The van der Waals surface area contributed by atoms with Crippen molar-refractivity contribution in [3.8, 4) is 5.75 Å². The highest BCUT2D eigenvalue weighted by atomic mass is 32.2. The molecule has 0 saturated carbocycles. The minimum Gasteiger partial charge on any atom is -0.491 e. The van der Waals surface area contributed by atoms with E-state index in [2.05, 4.69) is 4.98 Å². The van der Waals surface area contributed by atoms with E-state index in [1.807, 2.05) is 0 Å². The summed E-state index contributed by atoms with van der Waals surface area (Å²) >= 11 is 0. The standard InChI is InChI=1S/C11H16BF3NO3S/c1-11(2,3)20(17,18)5-4-19-10-6-9(7-16-8-10)12(13,14)15/h6-8H,4-5H2,1-3H3/q-1. The Morgan fingerprint density at radius 2 is 1.85 bits per heavy atom. The number of nitrogens with zero attached hydrogens (tertiary/aromatic N) is 1. The van der Waals surface area contributed by atoms with Crippen LogP contribution in [0.25, 0.3) is 0 Å². The van der Waals surface area contributed by atoms with Gasteiger partial charge >= 0.3 is 6.98 Å². The molecule has 0 bridgehead atoms. The maximum Gasteiger partial charge on any atom is 0.511 e. The Bertz CT molecular complexity index is 567. The second kappa shape index (κ2) is 5.63. The summed E-state index contributed by atoms with van der Waals surface area (Å²) in [4.78, 5) is 3.44. The van der Waals surface area contributed by atoms with Gasteiger partial charge in [-0.15, -0.1) is 0 Å². The van der Waals surface area contributed by atoms with Crippen molar-refractivity contribution in [2.45, 2.75) is 25.5 Å². The molecule has 0 atom stereocenters. The van der Waals surface area contributed by atoms with Crippen molar-refractivity contribution >= 4 is 22.3 Å². The van der Waals surface area contributed by atoms with Crippen molar-refractivity contribution in [2.24, 2.45) is 0 Å². The monoisotopic (exact) mass is 310 g/mol. The minimum absolute atomic E-state index is 0.0918. The van der Waals surface area contributed by atoms with E-state index in [1.165, 1.54) is 0 Å². The summed E-state index contributed by atoms with van der Waals surface area (Å²) in [7, 11) is -3.37. The van der Waals surface area contributed by atoms with Crippen molar-refractivity contribution in [3.05, 3.63) is 18.5 Å². The summed E-state index contributed by atoms with van der Waals surface area (Å²) in [6, 6.07) is 0.816. The molecule has 0 radical (unpaired) electrons. The molecular weight excluding hydrogens is 294 g/mol. The molecule has 1 aromatic rings. The Kier molecular flexibility index (Phi) is 4.73. The summed E-state index contributed by atoms with van der Waals surface area (Å²) < 4.78 is 65.2. The maximum absolute atomic E-state index is 12.5. The highest BCUT2D eigenvalue weighted by Gasteiger charge is 2.29. The lowest BCUT2D eigenvalue weighted by Gasteiger charge is -2.19. The number of hydrogen-bond acceptors (Lipinski definition) is 4. The molecule has 0 saturated heterocycles. The molecule has 0 aliphatic rings.